The van der Waals surface area contributed by atoms with Gasteiger partial charge in [-0.2, -0.15) is 0 Å². The molecule has 1 atom stereocenters. The lowest BCUT2D eigenvalue weighted by atomic mass is 10.1. The van der Waals surface area contributed by atoms with Gasteiger partial charge in [-0.15, -0.1) is 0 Å². The Morgan fingerprint density at radius 3 is 2.71 bits per heavy atom. The largest absolute Gasteiger partial charge is 0.389 e. The van der Waals surface area contributed by atoms with Crippen molar-refractivity contribution in [3.05, 3.63) is 29.6 Å². The number of nitrogens with zero attached hydrogens (tertiary/aromatic N) is 1. The van der Waals surface area contributed by atoms with Crippen molar-refractivity contribution in [1.82, 2.24) is 0 Å². The Labute approximate surface area is 102 Å². The Balaban J connectivity index is 2.70. The Morgan fingerprint density at radius 1 is 1.47 bits per heavy atom. The molecule has 0 aliphatic carbocycles. The van der Waals surface area contributed by atoms with Crippen molar-refractivity contribution < 1.29 is 14.2 Å². The first-order valence-corrected chi connectivity index (χ1v) is 5.82. The molecule has 0 spiro atoms. The van der Waals surface area contributed by atoms with E-state index in [-0.39, 0.29) is 5.82 Å². The molecule has 4 heteroatoms. The van der Waals surface area contributed by atoms with E-state index in [1.807, 2.05) is 14.0 Å². The van der Waals surface area contributed by atoms with Crippen LogP contribution in [0.5, 0.6) is 0 Å². The van der Waals surface area contributed by atoms with E-state index in [9.17, 15) is 9.50 Å². The standard InChI is InChI=1S/C13H20FNO2/c1-4-17-8-7-15(3)13-6-5-11(10(2)16)9-12(13)14/h5-6,9-10,16H,4,7-8H2,1-3H3/t10-/m0/s1. The molecule has 96 valence electrons. The zero-order valence-electron chi connectivity index (χ0n) is 10.6. The number of rotatable bonds is 6. The summed E-state index contributed by atoms with van der Waals surface area (Å²) in [4.78, 5) is 1.80. The first kappa shape index (κ1) is 13.9. The Hall–Kier alpha value is -1.13. The molecule has 0 aliphatic heterocycles. The molecule has 0 unspecified atom stereocenters. The summed E-state index contributed by atoms with van der Waals surface area (Å²) in [5, 5.41) is 9.35. The SMILES string of the molecule is CCOCCN(C)c1ccc([C@H](C)O)cc1F. The number of aliphatic hydroxyl groups excluding tert-OH is 1. The fraction of sp³-hybridized carbons (Fsp3) is 0.538. The number of aliphatic hydroxyl groups is 1. The molecule has 1 N–H and O–H groups in total. The maximum absolute atomic E-state index is 13.8. The molecule has 1 aromatic carbocycles. The van der Waals surface area contributed by atoms with Gasteiger partial charge in [0.05, 0.1) is 18.4 Å². The quantitative estimate of drug-likeness (QED) is 0.776. The molecule has 0 saturated heterocycles. The van der Waals surface area contributed by atoms with E-state index in [1.54, 1.807) is 24.0 Å². The minimum Gasteiger partial charge on any atom is -0.389 e. The van der Waals surface area contributed by atoms with Gasteiger partial charge in [-0.3, -0.25) is 0 Å². The maximum atomic E-state index is 13.8. The van der Waals surface area contributed by atoms with Crippen molar-refractivity contribution in [2.24, 2.45) is 0 Å². The highest BCUT2D eigenvalue weighted by Gasteiger charge is 2.10. The number of anilines is 1. The molecule has 0 heterocycles. The van der Waals surface area contributed by atoms with Crippen LogP contribution < -0.4 is 4.90 Å². The van der Waals surface area contributed by atoms with E-state index in [2.05, 4.69) is 0 Å². The van der Waals surface area contributed by atoms with Gasteiger partial charge < -0.3 is 14.7 Å². The van der Waals surface area contributed by atoms with Crippen LogP contribution in [0.2, 0.25) is 0 Å². The van der Waals surface area contributed by atoms with Gasteiger partial charge in [0.1, 0.15) is 5.82 Å². The van der Waals surface area contributed by atoms with Crippen molar-refractivity contribution in [3.8, 4) is 0 Å². The first-order valence-electron chi connectivity index (χ1n) is 5.82. The van der Waals surface area contributed by atoms with Gasteiger partial charge in [-0.25, -0.2) is 4.39 Å². The van der Waals surface area contributed by atoms with Gasteiger partial charge in [-0.05, 0) is 31.5 Å². The fourth-order valence-corrected chi connectivity index (χ4v) is 1.56. The Bertz CT molecular complexity index is 355. The summed E-state index contributed by atoms with van der Waals surface area (Å²) < 4.78 is 19.0. The highest BCUT2D eigenvalue weighted by Crippen LogP contribution is 2.22. The summed E-state index contributed by atoms with van der Waals surface area (Å²) in [7, 11) is 1.82. The molecule has 1 aromatic rings. The van der Waals surface area contributed by atoms with E-state index < -0.39 is 6.10 Å². The number of ether oxygens (including phenoxy) is 1. The van der Waals surface area contributed by atoms with Gasteiger partial charge in [0.2, 0.25) is 0 Å². The first-order chi connectivity index (χ1) is 8.06. The number of likely N-dealkylation sites (N-methyl/N-ethyl adjacent to an activating group) is 1. The monoisotopic (exact) mass is 241 g/mol. The highest BCUT2D eigenvalue weighted by molar-refractivity contribution is 5.48. The second-order valence-corrected chi connectivity index (χ2v) is 4.01. The van der Waals surface area contributed by atoms with Crippen LogP contribution in [0.25, 0.3) is 0 Å². The van der Waals surface area contributed by atoms with E-state index in [1.165, 1.54) is 6.07 Å². The summed E-state index contributed by atoms with van der Waals surface area (Å²) in [6.45, 7) is 5.42. The summed E-state index contributed by atoms with van der Waals surface area (Å²) in [6, 6.07) is 4.79. The van der Waals surface area contributed by atoms with Gasteiger partial charge in [0.25, 0.3) is 0 Å². The predicted octanol–water partition coefficient (Wildman–Crippen LogP) is 2.35. The van der Waals surface area contributed by atoms with Crippen LogP contribution in [0.4, 0.5) is 10.1 Å². The molecule has 0 saturated carbocycles. The predicted molar refractivity (Wildman–Crippen MR) is 66.8 cm³/mol. The molecule has 0 fully saturated rings. The number of hydrogen-bond acceptors (Lipinski definition) is 3. The van der Waals surface area contributed by atoms with Crippen LogP contribution in [-0.2, 0) is 4.74 Å². The van der Waals surface area contributed by atoms with Gasteiger partial charge in [0, 0.05) is 20.2 Å². The van der Waals surface area contributed by atoms with Gasteiger partial charge in [-0.1, -0.05) is 6.07 Å². The van der Waals surface area contributed by atoms with Crippen LogP contribution in [-0.4, -0.2) is 31.9 Å². The highest BCUT2D eigenvalue weighted by atomic mass is 19.1. The molecule has 0 aliphatic rings. The van der Waals surface area contributed by atoms with Crippen molar-refractivity contribution in [3.63, 3.8) is 0 Å². The van der Waals surface area contributed by atoms with Crippen molar-refractivity contribution >= 4 is 5.69 Å². The van der Waals surface area contributed by atoms with E-state index in [0.717, 1.165) is 0 Å². The molecule has 0 amide bonds. The third-order valence-electron chi connectivity index (χ3n) is 2.64. The lowest BCUT2D eigenvalue weighted by molar-refractivity contribution is 0.154. The van der Waals surface area contributed by atoms with Crippen molar-refractivity contribution in [1.29, 1.82) is 0 Å². The molecule has 17 heavy (non-hydrogen) atoms. The van der Waals surface area contributed by atoms with Crippen LogP contribution in [0.3, 0.4) is 0 Å². The van der Waals surface area contributed by atoms with Gasteiger partial charge >= 0.3 is 0 Å². The normalized spacial score (nSPS) is 12.5. The number of halogens is 1. The molecule has 1 rings (SSSR count). The lowest BCUT2D eigenvalue weighted by Gasteiger charge is -2.20. The average molecular weight is 241 g/mol. The maximum Gasteiger partial charge on any atom is 0.146 e. The number of benzene rings is 1. The van der Waals surface area contributed by atoms with E-state index in [4.69, 9.17) is 4.74 Å². The fourth-order valence-electron chi connectivity index (χ4n) is 1.56. The zero-order chi connectivity index (χ0) is 12.8. The van der Waals surface area contributed by atoms with Crippen molar-refractivity contribution in [2.75, 3.05) is 31.7 Å². The average Bonchev–Trinajstić information content (AvgIpc) is 2.28. The van der Waals surface area contributed by atoms with Crippen LogP contribution in [0.1, 0.15) is 25.5 Å². The summed E-state index contributed by atoms with van der Waals surface area (Å²) in [5.41, 5.74) is 1.11. The topological polar surface area (TPSA) is 32.7 Å². The third kappa shape index (κ3) is 3.98. The zero-order valence-corrected chi connectivity index (χ0v) is 10.6. The minimum atomic E-state index is -0.646. The minimum absolute atomic E-state index is 0.317. The molecule has 3 nitrogen and oxygen atoms in total. The smallest absolute Gasteiger partial charge is 0.146 e. The second kappa shape index (κ2) is 6.57. The lowest BCUT2D eigenvalue weighted by Crippen LogP contribution is -2.23. The van der Waals surface area contributed by atoms with E-state index >= 15 is 0 Å². The summed E-state index contributed by atoms with van der Waals surface area (Å²) >= 11 is 0. The summed E-state index contributed by atoms with van der Waals surface area (Å²) in [5.74, 6) is -0.317. The van der Waals surface area contributed by atoms with Crippen LogP contribution in [0.15, 0.2) is 18.2 Å². The Morgan fingerprint density at radius 2 is 2.18 bits per heavy atom. The van der Waals surface area contributed by atoms with Crippen LogP contribution >= 0.6 is 0 Å². The molecular formula is C13H20FNO2. The van der Waals surface area contributed by atoms with Gasteiger partial charge in [0.15, 0.2) is 0 Å². The molecule has 0 bridgehead atoms. The Kier molecular flexibility index (Phi) is 5.38. The molecule has 0 radical (unpaired) electrons. The van der Waals surface area contributed by atoms with Crippen molar-refractivity contribution in [2.45, 2.75) is 20.0 Å². The number of hydrogen-bond donors (Lipinski definition) is 1. The molecular weight excluding hydrogens is 221 g/mol. The summed E-state index contributed by atoms with van der Waals surface area (Å²) in [6.07, 6.45) is -0.646. The second-order valence-electron chi connectivity index (χ2n) is 4.01. The van der Waals surface area contributed by atoms with Crippen LogP contribution in [0, 0.1) is 5.82 Å². The van der Waals surface area contributed by atoms with E-state index in [0.29, 0.717) is 31.0 Å². The third-order valence-corrected chi connectivity index (χ3v) is 2.64. The molecule has 0 aromatic heterocycles.